The molecule has 3 aromatic rings. The van der Waals surface area contributed by atoms with Gasteiger partial charge in [0.1, 0.15) is 4.83 Å². The highest BCUT2D eigenvalue weighted by Crippen LogP contribution is 2.37. The summed E-state index contributed by atoms with van der Waals surface area (Å²) < 4.78 is 41.6. The Morgan fingerprint density at radius 3 is 2.58 bits per heavy atom. The summed E-state index contributed by atoms with van der Waals surface area (Å²) in [4.78, 5) is 32.7. The van der Waals surface area contributed by atoms with E-state index in [2.05, 4.69) is 5.32 Å². The number of para-hydroxylation sites is 1. The topological polar surface area (TPSA) is 64.0 Å². The Morgan fingerprint density at radius 1 is 1.24 bits per heavy atom. The lowest BCUT2D eigenvalue weighted by Gasteiger charge is -2.20. The van der Waals surface area contributed by atoms with Gasteiger partial charge in [0.2, 0.25) is 5.91 Å². The fraction of sp³-hybridized carbons (Fsp3) is 0.435. The first-order chi connectivity index (χ1) is 15.6. The second-order valence-electron chi connectivity index (χ2n) is 8.26. The van der Waals surface area contributed by atoms with Crippen molar-refractivity contribution < 1.29 is 18.0 Å². The number of thioether (sulfide) groups is 1. The number of hydrogen-bond donors (Lipinski definition) is 1. The lowest BCUT2D eigenvalue weighted by atomic mass is 10.1. The van der Waals surface area contributed by atoms with Crippen molar-refractivity contribution in [3.63, 3.8) is 0 Å². The molecular weight excluding hydrogens is 471 g/mol. The average Bonchev–Trinajstić information content (AvgIpc) is 3.36. The van der Waals surface area contributed by atoms with E-state index in [1.54, 1.807) is 11.5 Å². The molecule has 1 fully saturated rings. The van der Waals surface area contributed by atoms with Crippen molar-refractivity contribution in [2.75, 3.05) is 5.32 Å². The van der Waals surface area contributed by atoms with Crippen molar-refractivity contribution in [2.24, 2.45) is 0 Å². The molecule has 176 valence electrons. The van der Waals surface area contributed by atoms with Crippen molar-refractivity contribution in [1.29, 1.82) is 0 Å². The van der Waals surface area contributed by atoms with Gasteiger partial charge < -0.3 is 5.32 Å². The van der Waals surface area contributed by atoms with E-state index in [0.29, 0.717) is 15.4 Å². The van der Waals surface area contributed by atoms with Gasteiger partial charge >= 0.3 is 6.18 Å². The zero-order chi connectivity index (χ0) is 23.9. The molecule has 0 aliphatic heterocycles. The van der Waals surface area contributed by atoms with Crippen LogP contribution in [0.1, 0.15) is 54.7 Å². The van der Waals surface area contributed by atoms with E-state index in [9.17, 15) is 22.8 Å². The molecule has 33 heavy (non-hydrogen) atoms. The van der Waals surface area contributed by atoms with Gasteiger partial charge in [0.25, 0.3) is 5.56 Å². The largest absolute Gasteiger partial charge is 0.418 e. The van der Waals surface area contributed by atoms with Crippen LogP contribution in [0.5, 0.6) is 0 Å². The number of anilines is 1. The number of halogens is 3. The minimum absolute atomic E-state index is 0.0118. The number of alkyl halides is 3. The number of rotatable bonds is 5. The van der Waals surface area contributed by atoms with Gasteiger partial charge in [0, 0.05) is 10.9 Å². The molecule has 1 aromatic carbocycles. The summed E-state index contributed by atoms with van der Waals surface area (Å²) in [5.74, 6) is -0.581. The Hall–Kier alpha value is -2.33. The summed E-state index contributed by atoms with van der Waals surface area (Å²) in [6.07, 6.45) is -0.814. The third-order valence-electron chi connectivity index (χ3n) is 6.03. The summed E-state index contributed by atoms with van der Waals surface area (Å²) in [6.45, 7) is 5.47. The van der Waals surface area contributed by atoms with E-state index in [1.807, 2.05) is 13.8 Å². The summed E-state index contributed by atoms with van der Waals surface area (Å²) in [6, 6.07) is 4.90. The maximum Gasteiger partial charge on any atom is 0.418 e. The highest BCUT2D eigenvalue weighted by atomic mass is 32.2. The number of benzene rings is 1. The molecule has 1 atom stereocenters. The van der Waals surface area contributed by atoms with Crippen LogP contribution in [0, 0.1) is 13.8 Å². The smallest absolute Gasteiger partial charge is 0.325 e. The molecule has 1 amide bonds. The number of carbonyl (C=O) groups excluding carboxylic acids is 1. The molecule has 1 aliphatic rings. The third-order valence-corrected chi connectivity index (χ3v) is 8.20. The fourth-order valence-electron chi connectivity index (χ4n) is 4.14. The van der Waals surface area contributed by atoms with Crippen LogP contribution >= 0.6 is 23.1 Å². The predicted molar refractivity (Wildman–Crippen MR) is 126 cm³/mol. The number of aromatic nitrogens is 2. The van der Waals surface area contributed by atoms with Crippen LogP contribution in [0.4, 0.5) is 18.9 Å². The molecule has 1 aliphatic carbocycles. The Morgan fingerprint density at radius 2 is 1.91 bits per heavy atom. The van der Waals surface area contributed by atoms with Crippen LogP contribution in [-0.2, 0) is 11.0 Å². The highest BCUT2D eigenvalue weighted by Gasteiger charge is 2.34. The van der Waals surface area contributed by atoms with Crippen molar-refractivity contribution in [3.8, 4) is 0 Å². The molecule has 10 heteroatoms. The van der Waals surface area contributed by atoms with Gasteiger partial charge in [-0.2, -0.15) is 13.2 Å². The van der Waals surface area contributed by atoms with E-state index in [1.165, 1.54) is 29.5 Å². The molecule has 2 aromatic heterocycles. The number of carbonyl (C=O) groups is 1. The predicted octanol–water partition coefficient (Wildman–Crippen LogP) is 6.33. The third kappa shape index (κ3) is 4.68. The van der Waals surface area contributed by atoms with Gasteiger partial charge in [-0.25, -0.2) is 4.98 Å². The first kappa shape index (κ1) is 23.8. The molecule has 1 saturated carbocycles. The number of fused-ring (bicyclic) bond motifs is 1. The van der Waals surface area contributed by atoms with Crippen molar-refractivity contribution in [3.05, 3.63) is 50.6 Å². The van der Waals surface area contributed by atoms with Crippen molar-refractivity contribution in [2.45, 2.75) is 69.1 Å². The summed E-state index contributed by atoms with van der Waals surface area (Å²) >= 11 is 2.54. The lowest BCUT2D eigenvalue weighted by Crippen LogP contribution is -2.29. The Labute approximate surface area is 197 Å². The first-order valence-electron chi connectivity index (χ1n) is 10.7. The Kier molecular flexibility index (Phi) is 6.59. The van der Waals surface area contributed by atoms with Gasteiger partial charge in [0.05, 0.1) is 21.9 Å². The summed E-state index contributed by atoms with van der Waals surface area (Å²) in [5.41, 5.74) is -0.373. The molecule has 2 heterocycles. The van der Waals surface area contributed by atoms with Gasteiger partial charge in [0.15, 0.2) is 5.16 Å². The Balaban J connectivity index is 1.67. The van der Waals surface area contributed by atoms with Crippen LogP contribution in [0.15, 0.2) is 34.2 Å². The van der Waals surface area contributed by atoms with Crippen LogP contribution in [0.25, 0.3) is 10.2 Å². The molecular formula is C23H24F3N3O2S2. The second-order valence-corrected chi connectivity index (χ2v) is 10.8. The Bertz CT molecular complexity index is 1260. The maximum atomic E-state index is 13.5. The van der Waals surface area contributed by atoms with Crippen LogP contribution in [-0.4, -0.2) is 20.7 Å². The quantitative estimate of drug-likeness (QED) is 0.332. The van der Waals surface area contributed by atoms with E-state index in [-0.39, 0.29) is 17.3 Å². The van der Waals surface area contributed by atoms with Gasteiger partial charge in [-0.3, -0.25) is 14.2 Å². The molecule has 5 nitrogen and oxygen atoms in total. The average molecular weight is 496 g/mol. The number of amides is 1. The number of hydrogen-bond acceptors (Lipinski definition) is 5. The van der Waals surface area contributed by atoms with Crippen LogP contribution in [0.2, 0.25) is 0 Å². The minimum Gasteiger partial charge on any atom is -0.325 e. The number of nitrogens with zero attached hydrogens (tertiary/aromatic N) is 2. The maximum absolute atomic E-state index is 13.5. The molecule has 1 unspecified atom stereocenters. The summed E-state index contributed by atoms with van der Waals surface area (Å²) in [5, 5.41) is 2.69. The normalized spacial score (nSPS) is 15.8. The van der Waals surface area contributed by atoms with E-state index in [0.717, 1.165) is 54.0 Å². The monoisotopic (exact) mass is 495 g/mol. The molecule has 1 N–H and O–H groups in total. The lowest BCUT2D eigenvalue weighted by molar-refractivity contribution is -0.137. The summed E-state index contributed by atoms with van der Waals surface area (Å²) in [7, 11) is 0. The van der Waals surface area contributed by atoms with Gasteiger partial charge in [-0.1, -0.05) is 36.7 Å². The zero-order valence-electron chi connectivity index (χ0n) is 18.5. The molecule has 0 spiro atoms. The molecule has 0 bridgehead atoms. The standard InChI is InChI=1S/C23H24F3N3O2S2/c1-12-13(2)32-20-18(12)21(31)29(15-8-4-5-9-15)22(28-20)33-14(3)19(30)27-17-11-7-6-10-16(17)23(24,25)26/h6-7,10-11,14-15H,4-5,8-9H2,1-3H3,(H,27,30). The highest BCUT2D eigenvalue weighted by molar-refractivity contribution is 8.00. The van der Waals surface area contributed by atoms with Crippen LogP contribution in [0.3, 0.4) is 0 Å². The van der Waals surface area contributed by atoms with Gasteiger partial charge in [-0.05, 0) is 51.3 Å². The first-order valence-corrected chi connectivity index (χ1v) is 12.4. The minimum atomic E-state index is -4.58. The van der Waals surface area contributed by atoms with Crippen LogP contribution < -0.4 is 10.9 Å². The fourth-order valence-corrected chi connectivity index (χ4v) is 6.19. The number of nitrogens with one attached hydrogen (secondary N) is 1. The molecule has 4 rings (SSSR count). The molecule has 0 saturated heterocycles. The van der Waals surface area contributed by atoms with E-state index < -0.39 is 22.9 Å². The number of aryl methyl sites for hydroxylation is 2. The zero-order valence-corrected chi connectivity index (χ0v) is 20.1. The van der Waals surface area contributed by atoms with E-state index >= 15 is 0 Å². The number of thiophene rings is 1. The second kappa shape index (κ2) is 9.13. The van der Waals surface area contributed by atoms with Crippen molar-refractivity contribution in [1.82, 2.24) is 9.55 Å². The van der Waals surface area contributed by atoms with Gasteiger partial charge in [-0.15, -0.1) is 11.3 Å². The SMILES string of the molecule is Cc1sc2nc(SC(C)C(=O)Nc3ccccc3C(F)(F)F)n(C3CCCC3)c(=O)c2c1C. The van der Waals surface area contributed by atoms with Crippen molar-refractivity contribution >= 4 is 44.9 Å². The van der Waals surface area contributed by atoms with E-state index in [4.69, 9.17) is 4.98 Å². The molecule has 0 radical (unpaired) electrons.